The summed E-state index contributed by atoms with van der Waals surface area (Å²) in [6.45, 7) is 1.16. The molecule has 0 saturated carbocycles. The van der Waals surface area contributed by atoms with Crippen LogP contribution in [0, 0.1) is 0 Å². The first-order chi connectivity index (χ1) is 12.0. The second-order valence-electron chi connectivity index (χ2n) is 6.69. The molecule has 0 spiro atoms. The predicted octanol–water partition coefficient (Wildman–Crippen LogP) is -0.0215. The van der Waals surface area contributed by atoms with Crippen LogP contribution in [0.4, 0.5) is 0 Å². The lowest BCUT2D eigenvalue weighted by Crippen LogP contribution is -2.42. The number of aromatic nitrogens is 5. The summed E-state index contributed by atoms with van der Waals surface area (Å²) in [6.07, 6.45) is 6.03. The van der Waals surface area contributed by atoms with E-state index in [-0.39, 0.29) is 17.1 Å². The van der Waals surface area contributed by atoms with E-state index in [2.05, 4.69) is 19.7 Å². The Bertz CT molecular complexity index is 874. The standard InChI is InChI=1S/C15H22N6O3S/c1-19-9-15(16-10-19)25(22,23)21-11-3-4-12(21)8-20-13(5-6-24-2)17-18-14(20)7-11/h9-12H,3-8H2,1-2H3/t11-,12+/m0/s1. The number of rotatable bonds is 5. The van der Waals surface area contributed by atoms with Gasteiger partial charge in [-0.15, -0.1) is 10.2 Å². The summed E-state index contributed by atoms with van der Waals surface area (Å²) in [5.74, 6) is 1.72. The minimum absolute atomic E-state index is 0.0854. The van der Waals surface area contributed by atoms with Crippen LogP contribution in [0.3, 0.4) is 0 Å². The quantitative estimate of drug-likeness (QED) is 0.738. The Labute approximate surface area is 146 Å². The number of ether oxygens (including phenoxy) is 1. The van der Waals surface area contributed by atoms with Gasteiger partial charge in [-0.3, -0.25) is 0 Å². The van der Waals surface area contributed by atoms with Crippen molar-refractivity contribution in [1.82, 2.24) is 28.6 Å². The lowest BCUT2D eigenvalue weighted by Gasteiger charge is -2.26. The van der Waals surface area contributed by atoms with E-state index in [9.17, 15) is 8.42 Å². The maximum Gasteiger partial charge on any atom is 0.262 e. The molecule has 2 aliphatic heterocycles. The Morgan fingerprint density at radius 1 is 1.28 bits per heavy atom. The molecule has 25 heavy (non-hydrogen) atoms. The van der Waals surface area contributed by atoms with E-state index in [4.69, 9.17) is 4.74 Å². The summed E-state index contributed by atoms with van der Waals surface area (Å²) >= 11 is 0. The SMILES string of the molecule is COCCc1nnc2n1C[C@H]1CC[C@@H](C2)N1S(=O)(=O)c1cn(C)cn1. The number of nitrogens with zero attached hydrogens (tertiary/aromatic N) is 6. The van der Waals surface area contributed by atoms with Crippen molar-refractivity contribution in [2.24, 2.45) is 7.05 Å². The van der Waals surface area contributed by atoms with E-state index < -0.39 is 10.0 Å². The van der Waals surface area contributed by atoms with Gasteiger partial charge in [-0.25, -0.2) is 13.4 Å². The molecule has 2 aliphatic rings. The number of fused-ring (bicyclic) bond motifs is 3. The van der Waals surface area contributed by atoms with Crippen LogP contribution in [0.25, 0.3) is 0 Å². The van der Waals surface area contributed by atoms with Gasteiger partial charge in [0.05, 0.1) is 12.9 Å². The molecule has 0 aromatic carbocycles. The summed E-state index contributed by atoms with van der Waals surface area (Å²) in [6, 6.07) is -0.173. The molecular formula is C15H22N6O3S. The van der Waals surface area contributed by atoms with Crippen LogP contribution < -0.4 is 0 Å². The third kappa shape index (κ3) is 2.77. The topological polar surface area (TPSA) is 95.1 Å². The van der Waals surface area contributed by atoms with Gasteiger partial charge in [0.15, 0.2) is 5.03 Å². The highest BCUT2D eigenvalue weighted by molar-refractivity contribution is 7.89. The van der Waals surface area contributed by atoms with Crippen LogP contribution in [0.5, 0.6) is 0 Å². The van der Waals surface area contributed by atoms with Gasteiger partial charge in [0, 0.05) is 51.8 Å². The van der Waals surface area contributed by atoms with Gasteiger partial charge >= 0.3 is 0 Å². The first-order valence-electron chi connectivity index (χ1n) is 8.42. The molecule has 136 valence electrons. The van der Waals surface area contributed by atoms with Crippen molar-refractivity contribution in [3.05, 3.63) is 24.2 Å². The normalized spacial score (nSPS) is 23.6. The van der Waals surface area contributed by atoms with E-state index in [0.717, 1.165) is 24.5 Å². The van der Waals surface area contributed by atoms with Crippen LogP contribution in [0.1, 0.15) is 24.5 Å². The van der Waals surface area contributed by atoms with Crippen molar-refractivity contribution in [2.45, 2.75) is 49.3 Å². The zero-order chi connectivity index (χ0) is 17.6. The van der Waals surface area contributed by atoms with Crippen molar-refractivity contribution < 1.29 is 13.2 Å². The van der Waals surface area contributed by atoms with Gasteiger partial charge in [0.25, 0.3) is 10.0 Å². The van der Waals surface area contributed by atoms with Crippen molar-refractivity contribution >= 4 is 10.0 Å². The van der Waals surface area contributed by atoms with E-state index in [0.29, 0.717) is 26.0 Å². The highest BCUT2D eigenvalue weighted by atomic mass is 32.2. The van der Waals surface area contributed by atoms with Gasteiger partial charge in [-0.2, -0.15) is 4.31 Å². The van der Waals surface area contributed by atoms with Gasteiger partial charge in [0.2, 0.25) is 0 Å². The molecule has 4 heterocycles. The van der Waals surface area contributed by atoms with Crippen LogP contribution in [0.2, 0.25) is 0 Å². The van der Waals surface area contributed by atoms with Crippen molar-refractivity contribution in [3.63, 3.8) is 0 Å². The number of hydrogen-bond acceptors (Lipinski definition) is 6. The summed E-state index contributed by atoms with van der Waals surface area (Å²) in [5.41, 5.74) is 0. The van der Waals surface area contributed by atoms with Crippen molar-refractivity contribution in [1.29, 1.82) is 0 Å². The minimum Gasteiger partial charge on any atom is -0.384 e. The van der Waals surface area contributed by atoms with Crippen LogP contribution in [-0.2, 0) is 41.2 Å². The molecule has 0 amide bonds. The smallest absolute Gasteiger partial charge is 0.262 e. The fraction of sp³-hybridized carbons (Fsp3) is 0.667. The number of imidazole rings is 1. The summed E-state index contributed by atoms with van der Waals surface area (Å²) in [7, 11) is -0.185. The fourth-order valence-corrected chi connectivity index (χ4v) is 5.69. The predicted molar refractivity (Wildman–Crippen MR) is 88.3 cm³/mol. The molecule has 0 N–H and O–H groups in total. The molecule has 0 unspecified atom stereocenters. The Morgan fingerprint density at radius 3 is 2.80 bits per heavy atom. The maximum atomic E-state index is 13.1. The molecule has 2 aromatic rings. The Kier molecular flexibility index (Phi) is 4.13. The fourth-order valence-electron chi connectivity index (χ4n) is 3.86. The first-order valence-corrected chi connectivity index (χ1v) is 9.86. The zero-order valence-electron chi connectivity index (χ0n) is 14.4. The molecule has 2 bridgehead atoms. The molecule has 1 saturated heterocycles. The second-order valence-corrected chi connectivity index (χ2v) is 8.48. The molecule has 1 fully saturated rings. The maximum absolute atomic E-state index is 13.1. The second kappa shape index (κ2) is 6.19. The average molecular weight is 366 g/mol. The van der Waals surface area contributed by atoms with Gasteiger partial charge in [-0.1, -0.05) is 0 Å². The number of methoxy groups -OCH3 is 1. The summed E-state index contributed by atoms with van der Waals surface area (Å²) < 4.78 is 36.8. The third-order valence-corrected chi connectivity index (χ3v) is 6.91. The lowest BCUT2D eigenvalue weighted by molar-refractivity contribution is 0.199. The zero-order valence-corrected chi connectivity index (χ0v) is 15.2. The highest BCUT2D eigenvalue weighted by Gasteiger charge is 2.46. The number of aryl methyl sites for hydroxylation is 1. The third-order valence-electron chi connectivity index (χ3n) is 5.02. The van der Waals surface area contributed by atoms with E-state index in [1.54, 1.807) is 29.2 Å². The number of sulfonamides is 1. The van der Waals surface area contributed by atoms with Crippen molar-refractivity contribution in [3.8, 4) is 0 Å². The van der Waals surface area contributed by atoms with Crippen LogP contribution in [-0.4, -0.2) is 62.8 Å². The van der Waals surface area contributed by atoms with E-state index in [1.165, 1.54) is 6.33 Å². The van der Waals surface area contributed by atoms with Crippen LogP contribution >= 0.6 is 0 Å². The summed E-state index contributed by atoms with van der Waals surface area (Å²) in [4.78, 5) is 4.07. The minimum atomic E-state index is -3.61. The molecular weight excluding hydrogens is 344 g/mol. The van der Waals surface area contributed by atoms with E-state index in [1.807, 2.05) is 0 Å². The molecule has 0 aliphatic carbocycles. The molecule has 9 nitrogen and oxygen atoms in total. The Hall–Kier alpha value is -1.78. The lowest BCUT2D eigenvalue weighted by atomic mass is 10.1. The first kappa shape index (κ1) is 16.7. The molecule has 0 radical (unpaired) electrons. The summed E-state index contributed by atoms with van der Waals surface area (Å²) in [5, 5.41) is 8.68. The Morgan fingerprint density at radius 2 is 2.08 bits per heavy atom. The largest absolute Gasteiger partial charge is 0.384 e. The van der Waals surface area contributed by atoms with Crippen molar-refractivity contribution in [2.75, 3.05) is 13.7 Å². The van der Waals surface area contributed by atoms with Crippen LogP contribution in [0.15, 0.2) is 17.6 Å². The van der Waals surface area contributed by atoms with E-state index >= 15 is 0 Å². The molecule has 10 heteroatoms. The van der Waals surface area contributed by atoms with Gasteiger partial charge in [-0.05, 0) is 12.8 Å². The molecule has 2 aromatic heterocycles. The highest BCUT2D eigenvalue weighted by Crippen LogP contribution is 2.35. The average Bonchev–Trinajstić information content (AvgIpc) is 3.24. The molecule has 4 rings (SSSR count). The number of hydrogen-bond donors (Lipinski definition) is 0. The Balaban J connectivity index is 1.66. The van der Waals surface area contributed by atoms with Gasteiger partial charge in [0.1, 0.15) is 11.6 Å². The van der Waals surface area contributed by atoms with Gasteiger partial charge < -0.3 is 13.9 Å². The molecule has 2 atom stereocenters. The monoisotopic (exact) mass is 366 g/mol.